The Morgan fingerprint density at radius 2 is 2.50 bits per heavy atom. The van der Waals surface area contributed by atoms with E-state index in [1.165, 1.54) is 11.8 Å². The van der Waals surface area contributed by atoms with Crippen LogP contribution in [0.4, 0.5) is 0 Å². The first-order valence-electron chi connectivity index (χ1n) is 4.64. The molecule has 1 saturated carbocycles. The van der Waals surface area contributed by atoms with Gasteiger partial charge in [0.2, 0.25) is 0 Å². The molecule has 76 valence electrons. The molecule has 1 fully saturated rings. The lowest BCUT2D eigenvalue weighted by atomic mass is 10.3. The average Bonchev–Trinajstić information content (AvgIpc) is 2.82. The summed E-state index contributed by atoms with van der Waals surface area (Å²) >= 11 is 1.46. The quantitative estimate of drug-likeness (QED) is 0.814. The molecule has 1 aliphatic carbocycles. The van der Waals surface area contributed by atoms with Gasteiger partial charge in [-0.3, -0.25) is 4.79 Å². The molecular formula is C10H12O3S. The zero-order chi connectivity index (χ0) is 9.97. The molecule has 0 bridgehead atoms. The Labute approximate surface area is 86.5 Å². The predicted octanol–water partition coefficient (Wildman–Crippen LogP) is 2.38. The minimum Gasteiger partial charge on any atom is -0.480 e. The second-order valence-electron chi connectivity index (χ2n) is 3.49. The van der Waals surface area contributed by atoms with Crippen LogP contribution < -0.4 is 0 Å². The molecule has 1 aromatic rings. The van der Waals surface area contributed by atoms with Crippen molar-refractivity contribution in [1.29, 1.82) is 0 Å². The standard InChI is InChI=1S/C10H12O3S/c11-10(12)9(7-3-4-7)14-6-8-2-1-5-13-8/h1-2,5,7,9H,3-4,6H2,(H,11,12). The lowest BCUT2D eigenvalue weighted by molar-refractivity contribution is -0.136. The number of carbonyl (C=O) groups is 1. The highest BCUT2D eigenvalue weighted by molar-refractivity contribution is 7.99. The molecule has 2 rings (SSSR count). The topological polar surface area (TPSA) is 50.4 Å². The lowest BCUT2D eigenvalue weighted by Gasteiger charge is -2.08. The Kier molecular flexibility index (Phi) is 2.82. The number of furan rings is 1. The summed E-state index contributed by atoms with van der Waals surface area (Å²) in [5.74, 6) is 1.19. The summed E-state index contributed by atoms with van der Waals surface area (Å²) in [5, 5.41) is 8.71. The summed E-state index contributed by atoms with van der Waals surface area (Å²) in [7, 11) is 0. The molecule has 0 spiro atoms. The number of carboxylic acid groups (broad SMARTS) is 1. The normalized spacial score (nSPS) is 18.0. The average molecular weight is 212 g/mol. The summed E-state index contributed by atoms with van der Waals surface area (Å²) in [5.41, 5.74) is 0. The largest absolute Gasteiger partial charge is 0.480 e. The first-order chi connectivity index (χ1) is 6.77. The van der Waals surface area contributed by atoms with E-state index in [0.29, 0.717) is 11.7 Å². The molecule has 1 aliphatic rings. The Balaban J connectivity index is 1.85. The maximum Gasteiger partial charge on any atom is 0.316 e. The van der Waals surface area contributed by atoms with Crippen LogP contribution in [0.25, 0.3) is 0 Å². The Hall–Kier alpha value is -0.900. The first-order valence-corrected chi connectivity index (χ1v) is 5.69. The van der Waals surface area contributed by atoms with Crippen LogP contribution in [0.3, 0.4) is 0 Å². The Bertz CT molecular complexity index is 303. The van der Waals surface area contributed by atoms with Crippen LogP contribution in [0.5, 0.6) is 0 Å². The van der Waals surface area contributed by atoms with Crippen molar-refractivity contribution >= 4 is 17.7 Å². The van der Waals surface area contributed by atoms with Crippen LogP contribution in [-0.4, -0.2) is 16.3 Å². The van der Waals surface area contributed by atoms with Crippen LogP contribution in [0.2, 0.25) is 0 Å². The second-order valence-corrected chi connectivity index (χ2v) is 4.62. The van der Waals surface area contributed by atoms with Crippen LogP contribution in [0, 0.1) is 5.92 Å². The molecule has 0 radical (unpaired) electrons. The fourth-order valence-corrected chi connectivity index (χ4v) is 2.57. The van der Waals surface area contributed by atoms with Crippen molar-refractivity contribution in [2.75, 3.05) is 0 Å². The van der Waals surface area contributed by atoms with Gasteiger partial charge in [0.05, 0.1) is 12.0 Å². The molecule has 1 unspecified atom stereocenters. The fourth-order valence-electron chi connectivity index (χ4n) is 1.37. The molecule has 1 heterocycles. The zero-order valence-corrected chi connectivity index (χ0v) is 8.50. The minimum absolute atomic E-state index is 0.250. The highest BCUT2D eigenvalue weighted by atomic mass is 32.2. The first kappa shape index (κ1) is 9.65. The summed E-state index contributed by atoms with van der Waals surface area (Å²) in [6, 6.07) is 3.70. The van der Waals surface area contributed by atoms with Gasteiger partial charge in [-0.1, -0.05) is 0 Å². The molecule has 1 aromatic heterocycles. The highest BCUT2D eigenvalue weighted by Crippen LogP contribution is 2.40. The number of rotatable bonds is 5. The van der Waals surface area contributed by atoms with Crippen LogP contribution in [0.1, 0.15) is 18.6 Å². The second kappa shape index (κ2) is 4.09. The van der Waals surface area contributed by atoms with Gasteiger partial charge in [0.25, 0.3) is 0 Å². The summed E-state index contributed by atoms with van der Waals surface area (Å²) in [6.45, 7) is 0. The third-order valence-electron chi connectivity index (χ3n) is 2.28. The molecule has 1 atom stereocenters. The smallest absolute Gasteiger partial charge is 0.316 e. The fraction of sp³-hybridized carbons (Fsp3) is 0.500. The van der Waals surface area contributed by atoms with Gasteiger partial charge < -0.3 is 9.52 Å². The number of aliphatic carboxylic acids is 1. The maximum atomic E-state index is 10.9. The molecule has 14 heavy (non-hydrogen) atoms. The van der Waals surface area contributed by atoms with Crippen molar-refractivity contribution in [2.45, 2.75) is 23.8 Å². The number of carboxylic acids is 1. The molecule has 1 N–H and O–H groups in total. The molecule has 0 aliphatic heterocycles. The highest BCUT2D eigenvalue weighted by Gasteiger charge is 2.36. The van der Waals surface area contributed by atoms with Crippen LogP contribution in [0.15, 0.2) is 22.8 Å². The van der Waals surface area contributed by atoms with Gasteiger partial charge in [-0.25, -0.2) is 0 Å². The van der Waals surface area contributed by atoms with E-state index in [0.717, 1.165) is 18.6 Å². The minimum atomic E-state index is -0.691. The van der Waals surface area contributed by atoms with E-state index in [9.17, 15) is 4.79 Å². The summed E-state index contributed by atoms with van der Waals surface area (Å²) < 4.78 is 5.15. The van der Waals surface area contributed by atoms with Crippen LogP contribution in [-0.2, 0) is 10.5 Å². The van der Waals surface area contributed by atoms with Gasteiger partial charge in [0, 0.05) is 0 Å². The van der Waals surface area contributed by atoms with Crippen LogP contribution >= 0.6 is 11.8 Å². The van der Waals surface area contributed by atoms with E-state index in [1.807, 2.05) is 12.1 Å². The van der Waals surface area contributed by atoms with Gasteiger partial charge >= 0.3 is 5.97 Å². The molecule has 4 heteroatoms. The maximum absolute atomic E-state index is 10.9. The van der Waals surface area contributed by atoms with Crippen molar-refractivity contribution in [1.82, 2.24) is 0 Å². The van der Waals surface area contributed by atoms with Crippen molar-refractivity contribution in [3.8, 4) is 0 Å². The van der Waals surface area contributed by atoms with Crippen molar-refractivity contribution < 1.29 is 14.3 Å². The van der Waals surface area contributed by atoms with E-state index < -0.39 is 5.97 Å². The van der Waals surface area contributed by atoms with Crippen molar-refractivity contribution in [3.05, 3.63) is 24.2 Å². The van der Waals surface area contributed by atoms with Gasteiger partial charge in [-0.2, -0.15) is 0 Å². The van der Waals surface area contributed by atoms with Crippen molar-refractivity contribution in [3.63, 3.8) is 0 Å². The third-order valence-corrected chi connectivity index (χ3v) is 3.68. The lowest BCUT2D eigenvalue weighted by Crippen LogP contribution is -2.18. The van der Waals surface area contributed by atoms with E-state index in [2.05, 4.69) is 0 Å². The van der Waals surface area contributed by atoms with Gasteiger partial charge in [-0.05, 0) is 30.9 Å². The third kappa shape index (κ3) is 2.32. The SMILES string of the molecule is O=C(O)C(SCc1ccco1)C1CC1. The van der Waals surface area contributed by atoms with Gasteiger partial charge in [0.15, 0.2) is 0 Å². The summed E-state index contributed by atoms with van der Waals surface area (Å²) in [6.07, 6.45) is 3.73. The molecule has 3 nitrogen and oxygen atoms in total. The number of thioether (sulfide) groups is 1. The predicted molar refractivity (Wildman–Crippen MR) is 54.2 cm³/mol. The van der Waals surface area contributed by atoms with E-state index in [-0.39, 0.29) is 5.25 Å². The van der Waals surface area contributed by atoms with E-state index in [4.69, 9.17) is 9.52 Å². The number of hydrogen-bond acceptors (Lipinski definition) is 3. The van der Waals surface area contributed by atoms with Crippen molar-refractivity contribution in [2.24, 2.45) is 5.92 Å². The van der Waals surface area contributed by atoms with Gasteiger partial charge in [0.1, 0.15) is 11.0 Å². The Morgan fingerprint density at radius 3 is 3.00 bits per heavy atom. The van der Waals surface area contributed by atoms with E-state index in [1.54, 1.807) is 6.26 Å². The van der Waals surface area contributed by atoms with E-state index >= 15 is 0 Å². The molecular weight excluding hydrogens is 200 g/mol. The molecule has 0 amide bonds. The zero-order valence-electron chi connectivity index (χ0n) is 7.68. The monoisotopic (exact) mass is 212 g/mol. The molecule has 0 saturated heterocycles. The molecule has 0 aromatic carbocycles. The Morgan fingerprint density at radius 1 is 1.71 bits per heavy atom. The number of hydrogen-bond donors (Lipinski definition) is 1. The van der Waals surface area contributed by atoms with Gasteiger partial charge in [-0.15, -0.1) is 11.8 Å². The summed E-state index contributed by atoms with van der Waals surface area (Å²) in [4.78, 5) is 10.9.